The quantitative estimate of drug-likeness (QED) is 0.702. The average molecular weight is 294 g/mol. The lowest BCUT2D eigenvalue weighted by Crippen LogP contribution is -1.98. The second kappa shape index (κ2) is 8.10. The number of Topliss-reactive ketones (excluding diaryl/α,β-unsaturated/α-hetero) is 3. The molecule has 20 heavy (non-hydrogen) atoms. The Morgan fingerprint density at radius 3 is 1.90 bits per heavy atom. The Morgan fingerprint density at radius 2 is 1.35 bits per heavy atom. The molecule has 110 valence electrons. The molecule has 0 aliphatic heterocycles. The third-order valence-electron chi connectivity index (χ3n) is 3.12. The van der Waals surface area contributed by atoms with Gasteiger partial charge in [-0.3, -0.25) is 0 Å². The SMILES string of the molecule is CC(=O)CCc1cc(CCC(C)=O)c(CCC(C)=O)s1. The zero-order valence-electron chi connectivity index (χ0n) is 12.5. The van der Waals surface area contributed by atoms with Crippen LogP contribution in [0.25, 0.3) is 0 Å². The van der Waals surface area contributed by atoms with Crippen LogP contribution in [0.3, 0.4) is 0 Å². The van der Waals surface area contributed by atoms with Gasteiger partial charge in [0.2, 0.25) is 0 Å². The summed E-state index contributed by atoms with van der Waals surface area (Å²) in [5.74, 6) is 0.550. The Morgan fingerprint density at radius 1 is 0.850 bits per heavy atom. The Kier molecular flexibility index (Phi) is 6.79. The topological polar surface area (TPSA) is 51.2 Å². The van der Waals surface area contributed by atoms with Crippen molar-refractivity contribution in [3.05, 3.63) is 21.4 Å². The zero-order valence-corrected chi connectivity index (χ0v) is 13.3. The Labute approximate surface area is 124 Å². The van der Waals surface area contributed by atoms with Gasteiger partial charge in [-0.1, -0.05) is 0 Å². The van der Waals surface area contributed by atoms with Crippen molar-refractivity contribution >= 4 is 28.7 Å². The second-order valence-corrected chi connectivity index (χ2v) is 6.49. The molecule has 0 spiro atoms. The summed E-state index contributed by atoms with van der Waals surface area (Å²) in [6, 6.07) is 2.10. The average Bonchev–Trinajstić information content (AvgIpc) is 2.73. The summed E-state index contributed by atoms with van der Waals surface area (Å²) in [4.78, 5) is 35.7. The maximum absolute atomic E-state index is 11.1. The minimum atomic E-state index is 0.180. The summed E-state index contributed by atoms with van der Waals surface area (Å²) < 4.78 is 0. The minimum Gasteiger partial charge on any atom is -0.300 e. The smallest absolute Gasteiger partial charge is 0.130 e. The lowest BCUT2D eigenvalue weighted by molar-refractivity contribution is -0.117. The summed E-state index contributed by atoms with van der Waals surface area (Å²) in [6.45, 7) is 4.79. The van der Waals surface area contributed by atoms with Crippen LogP contribution in [0.2, 0.25) is 0 Å². The number of hydrogen-bond donors (Lipinski definition) is 0. The molecule has 0 N–H and O–H groups in total. The van der Waals surface area contributed by atoms with Crippen LogP contribution < -0.4 is 0 Å². The Bertz CT molecular complexity index is 464. The lowest BCUT2D eigenvalue weighted by Gasteiger charge is -2.01. The van der Waals surface area contributed by atoms with E-state index in [0.717, 1.165) is 19.3 Å². The van der Waals surface area contributed by atoms with Crippen LogP contribution in [-0.4, -0.2) is 17.3 Å². The molecule has 0 radical (unpaired) electrons. The highest BCUT2D eigenvalue weighted by atomic mass is 32.1. The van der Waals surface area contributed by atoms with Crippen molar-refractivity contribution in [1.82, 2.24) is 0 Å². The van der Waals surface area contributed by atoms with E-state index in [1.807, 2.05) is 0 Å². The molecule has 0 amide bonds. The highest BCUT2D eigenvalue weighted by molar-refractivity contribution is 7.12. The van der Waals surface area contributed by atoms with E-state index in [4.69, 9.17) is 0 Å². The van der Waals surface area contributed by atoms with Crippen LogP contribution in [0, 0.1) is 0 Å². The third-order valence-corrected chi connectivity index (χ3v) is 4.42. The van der Waals surface area contributed by atoms with E-state index in [1.165, 1.54) is 15.3 Å². The fourth-order valence-electron chi connectivity index (χ4n) is 1.97. The first-order valence-electron chi connectivity index (χ1n) is 6.97. The summed E-state index contributed by atoms with van der Waals surface area (Å²) in [7, 11) is 0. The summed E-state index contributed by atoms with van der Waals surface area (Å²) in [5.41, 5.74) is 1.17. The number of aryl methyl sites for hydroxylation is 3. The minimum absolute atomic E-state index is 0.180. The highest BCUT2D eigenvalue weighted by Gasteiger charge is 2.11. The fourth-order valence-corrected chi connectivity index (χ4v) is 3.19. The summed E-state index contributed by atoms with van der Waals surface area (Å²) in [6.07, 6.45) is 3.87. The van der Waals surface area contributed by atoms with Gasteiger partial charge in [0.25, 0.3) is 0 Å². The zero-order chi connectivity index (χ0) is 15.1. The van der Waals surface area contributed by atoms with Crippen LogP contribution in [0.5, 0.6) is 0 Å². The summed E-state index contributed by atoms with van der Waals surface area (Å²) in [5, 5.41) is 0. The molecule has 4 heteroatoms. The van der Waals surface area contributed by atoms with E-state index in [9.17, 15) is 14.4 Å². The number of carbonyl (C=O) groups is 3. The molecule has 0 aromatic carbocycles. The van der Waals surface area contributed by atoms with Gasteiger partial charge in [0.15, 0.2) is 0 Å². The number of carbonyl (C=O) groups excluding carboxylic acids is 3. The predicted molar refractivity (Wildman–Crippen MR) is 81.3 cm³/mol. The van der Waals surface area contributed by atoms with Crippen molar-refractivity contribution in [2.45, 2.75) is 59.3 Å². The van der Waals surface area contributed by atoms with Crippen molar-refractivity contribution in [3.8, 4) is 0 Å². The highest BCUT2D eigenvalue weighted by Crippen LogP contribution is 2.26. The van der Waals surface area contributed by atoms with Gasteiger partial charge < -0.3 is 14.4 Å². The van der Waals surface area contributed by atoms with Crippen molar-refractivity contribution in [3.63, 3.8) is 0 Å². The van der Waals surface area contributed by atoms with Gasteiger partial charge in [-0.2, -0.15) is 0 Å². The van der Waals surface area contributed by atoms with Crippen molar-refractivity contribution in [2.75, 3.05) is 0 Å². The van der Waals surface area contributed by atoms with Crippen LogP contribution in [-0.2, 0) is 33.6 Å². The van der Waals surface area contributed by atoms with Gasteiger partial charge >= 0.3 is 0 Å². The van der Waals surface area contributed by atoms with Gasteiger partial charge in [0, 0.05) is 29.0 Å². The first kappa shape index (κ1) is 16.8. The molecule has 1 rings (SSSR count). The molecule has 3 nitrogen and oxygen atoms in total. The third kappa shape index (κ3) is 6.24. The molecule has 0 fully saturated rings. The first-order valence-corrected chi connectivity index (χ1v) is 7.79. The molecule has 0 saturated carbocycles. The van der Waals surface area contributed by atoms with E-state index in [1.54, 1.807) is 32.1 Å². The number of rotatable bonds is 9. The fraction of sp³-hybridized carbons (Fsp3) is 0.562. The standard InChI is InChI=1S/C16H22O3S/c1-11(17)4-7-14-10-15(8-5-12(2)18)20-16(14)9-6-13(3)19/h10H,4-9H2,1-3H3. The normalized spacial score (nSPS) is 10.6. The maximum atomic E-state index is 11.1. The molecule has 0 atom stereocenters. The van der Waals surface area contributed by atoms with Crippen molar-refractivity contribution in [2.24, 2.45) is 0 Å². The van der Waals surface area contributed by atoms with Crippen LogP contribution in [0.15, 0.2) is 6.07 Å². The van der Waals surface area contributed by atoms with Crippen LogP contribution in [0.4, 0.5) is 0 Å². The van der Waals surface area contributed by atoms with Crippen molar-refractivity contribution < 1.29 is 14.4 Å². The maximum Gasteiger partial charge on any atom is 0.130 e. The van der Waals surface area contributed by atoms with Gasteiger partial charge in [-0.15, -0.1) is 11.3 Å². The van der Waals surface area contributed by atoms with Gasteiger partial charge in [0.1, 0.15) is 17.3 Å². The largest absolute Gasteiger partial charge is 0.300 e. The van der Waals surface area contributed by atoms with Crippen LogP contribution >= 0.6 is 11.3 Å². The molecule has 1 aromatic heterocycles. The lowest BCUT2D eigenvalue weighted by atomic mass is 10.0. The molecular formula is C16H22O3S. The molecule has 0 aliphatic rings. The predicted octanol–water partition coefficient (Wildman–Crippen LogP) is 3.31. The van der Waals surface area contributed by atoms with Gasteiger partial charge in [-0.25, -0.2) is 0 Å². The van der Waals surface area contributed by atoms with Gasteiger partial charge in [0.05, 0.1) is 0 Å². The molecular weight excluding hydrogens is 272 g/mol. The first-order chi connectivity index (χ1) is 9.38. The van der Waals surface area contributed by atoms with Crippen LogP contribution in [0.1, 0.15) is 55.4 Å². The molecule has 0 aliphatic carbocycles. The second-order valence-electron chi connectivity index (χ2n) is 5.27. The van der Waals surface area contributed by atoms with Gasteiger partial charge in [-0.05, 0) is 51.7 Å². The molecule has 0 saturated heterocycles. The monoisotopic (exact) mass is 294 g/mol. The Hall–Kier alpha value is -1.29. The van der Waals surface area contributed by atoms with E-state index in [-0.39, 0.29) is 17.3 Å². The van der Waals surface area contributed by atoms with Crippen molar-refractivity contribution in [1.29, 1.82) is 0 Å². The number of thiophene rings is 1. The molecule has 1 heterocycles. The summed E-state index contributed by atoms with van der Waals surface area (Å²) >= 11 is 1.68. The molecule has 1 aromatic rings. The van der Waals surface area contributed by atoms with E-state index < -0.39 is 0 Å². The molecule has 0 unspecified atom stereocenters. The van der Waals surface area contributed by atoms with E-state index >= 15 is 0 Å². The number of ketones is 3. The van der Waals surface area contributed by atoms with E-state index in [0.29, 0.717) is 19.3 Å². The molecule has 0 bridgehead atoms. The Balaban J connectivity index is 2.77. The number of hydrogen-bond acceptors (Lipinski definition) is 4. The van der Waals surface area contributed by atoms with E-state index in [2.05, 4.69) is 6.07 Å².